The molecule has 0 radical (unpaired) electrons. The van der Waals surface area contributed by atoms with Crippen LogP contribution in [0.25, 0.3) is 0 Å². The van der Waals surface area contributed by atoms with Crippen LogP contribution in [0.4, 0.5) is 18.9 Å². The van der Waals surface area contributed by atoms with Gasteiger partial charge >= 0.3 is 6.18 Å². The Bertz CT molecular complexity index is 1660. The number of sulfone groups is 1. The highest BCUT2D eigenvalue weighted by molar-refractivity contribution is 7.91. The summed E-state index contributed by atoms with van der Waals surface area (Å²) in [7, 11) is -3.37. The number of alkyl halides is 3. The van der Waals surface area contributed by atoms with Gasteiger partial charge in [-0.2, -0.15) is 13.2 Å². The Labute approximate surface area is 273 Å². The van der Waals surface area contributed by atoms with E-state index in [2.05, 4.69) is 15.1 Å². The standard InChI is InChI=1S/C35H40F3N3O5S/c1-2-47(44,45)31-13-7-25(8-14-31)32(22-42)39-33(43)26-5-11-29(12-6-26)41-20-27(24-3-9-28(10-4-24)35(36,37)38)19-30(41)21-40-17-15-34(23-40)16-18-46-34/h3-14,27,30,32,42H,2,15-23H2,1H3,(H,39,43)/t27?,30-,32-,34?/m0/s1. The van der Waals surface area contributed by atoms with Crippen molar-refractivity contribution < 1.29 is 36.2 Å². The lowest BCUT2D eigenvalue weighted by Crippen LogP contribution is -2.47. The highest BCUT2D eigenvalue weighted by Crippen LogP contribution is 2.40. The highest BCUT2D eigenvalue weighted by atomic mass is 32.2. The van der Waals surface area contributed by atoms with Gasteiger partial charge in [-0.15, -0.1) is 0 Å². The van der Waals surface area contributed by atoms with Crippen molar-refractivity contribution in [2.24, 2.45) is 0 Å². The monoisotopic (exact) mass is 671 g/mol. The molecule has 3 heterocycles. The Morgan fingerprint density at radius 2 is 1.72 bits per heavy atom. The van der Waals surface area contributed by atoms with Gasteiger partial charge in [0.2, 0.25) is 0 Å². The van der Waals surface area contributed by atoms with E-state index in [0.29, 0.717) is 17.7 Å². The second kappa shape index (κ2) is 13.2. The summed E-state index contributed by atoms with van der Waals surface area (Å²) < 4.78 is 69.9. The zero-order valence-corrected chi connectivity index (χ0v) is 27.1. The number of likely N-dealkylation sites (tertiary alicyclic amines) is 1. The molecule has 4 atom stereocenters. The van der Waals surface area contributed by atoms with Gasteiger partial charge < -0.3 is 20.1 Å². The minimum atomic E-state index is -4.38. The summed E-state index contributed by atoms with van der Waals surface area (Å²) in [5.41, 5.74) is 2.08. The molecule has 0 aliphatic carbocycles. The first kappa shape index (κ1) is 33.5. The summed E-state index contributed by atoms with van der Waals surface area (Å²) in [5, 5.41) is 12.8. The Hall–Kier alpha value is -3.45. The first-order chi connectivity index (χ1) is 22.4. The number of hydrogen-bond donors (Lipinski definition) is 2. The minimum Gasteiger partial charge on any atom is -0.394 e. The molecule has 1 spiro atoms. The Morgan fingerprint density at radius 3 is 2.28 bits per heavy atom. The maximum atomic E-state index is 13.2. The summed E-state index contributed by atoms with van der Waals surface area (Å²) in [6, 6.07) is 18.2. The van der Waals surface area contributed by atoms with E-state index in [1.165, 1.54) is 12.1 Å². The molecule has 6 rings (SSSR count). The molecule has 3 aromatic rings. The van der Waals surface area contributed by atoms with E-state index in [4.69, 9.17) is 4.74 Å². The van der Waals surface area contributed by atoms with Gasteiger partial charge in [0, 0.05) is 55.8 Å². The van der Waals surface area contributed by atoms with Crippen LogP contribution < -0.4 is 10.2 Å². The van der Waals surface area contributed by atoms with E-state index in [1.54, 1.807) is 43.3 Å². The molecule has 3 fully saturated rings. The SMILES string of the molecule is CCS(=O)(=O)c1ccc([C@H](CO)NC(=O)c2ccc(N3CC(c4ccc(C(F)(F)F)cc4)C[C@H]3CN3CCC4(CCO4)C3)cc2)cc1. The van der Waals surface area contributed by atoms with E-state index >= 15 is 0 Å². The molecule has 2 N–H and O–H groups in total. The van der Waals surface area contributed by atoms with Crippen molar-refractivity contribution >= 4 is 21.4 Å². The highest BCUT2D eigenvalue weighted by Gasteiger charge is 2.45. The number of ether oxygens (including phenoxy) is 1. The van der Waals surface area contributed by atoms with Gasteiger partial charge in [-0.3, -0.25) is 9.69 Å². The lowest BCUT2D eigenvalue weighted by molar-refractivity contribution is -0.137. The number of nitrogens with one attached hydrogen (secondary N) is 1. The van der Waals surface area contributed by atoms with Crippen LogP contribution in [-0.2, 0) is 20.8 Å². The Balaban J connectivity index is 1.16. The van der Waals surface area contributed by atoms with Gasteiger partial charge in [0.15, 0.2) is 9.84 Å². The maximum Gasteiger partial charge on any atom is 0.416 e. The molecule has 3 aliphatic heterocycles. The number of rotatable bonds is 10. The van der Waals surface area contributed by atoms with Crippen molar-refractivity contribution in [1.82, 2.24) is 10.2 Å². The van der Waals surface area contributed by atoms with E-state index in [0.717, 1.165) is 68.9 Å². The molecule has 3 saturated heterocycles. The molecule has 2 unspecified atom stereocenters. The average molecular weight is 672 g/mol. The van der Waals surface area contributed by atoms with Crippen LogP contribution in [0.1, 0.15) is 65.2 Å². The quantitative estimate of drug-likeness (QED) is 0.306. The van der Waals surface area contributed by atoms with Crippen LogP contribution >= 0.6 is 0 Å². The summed E-state index contributed by atoms with van der Waals surface area (Å²) >= 11 is 0. The normalized spacial score (nSPS) is 24.0. The number of hydrogen-bond acceptors (Lipinski definition) is 7. The second-order valence-corrected chi connectivity index (χ2v) is 15.1. The third kappa shape index (κ3) is 7.20. The minimum absolute atomic E-state index is 0.0235. The fourth-order valence-electron chi connectivity index (χ4n) is 7.04. The molecule has 252 valence electrons. The first-order valence-electron chi connectivity index (χ1n) is 16.0. The summed E-state index contributed by atoms with van der Waals surface area (Å²) in [6.07, 6.45) is -1.53. The number of aliphatic hydroxyl groups is 1. The average Bonchev–Trinajstić information content (AvgIpc) is 3.69. The van der Waals surface area contributed by atoms with Gasteiger partial charge in [-0.25, -0.2) is 8.42 Å². The third-order valence-electron chi connectivity index (χ3n) is 9.92. The fraction of sp³-hybridized carbons (Fsp3) is 0.457. The number of halogens is 3. The van der Waals surface area contributed by atoms with Crippen LogP contribution in [0.2, 0.25) is 0 Å². The van der Waals surface area contributed by atoms with Gasteiger partial charge in [0.25, 0.3) is 5.91 Å². The van der Waals surface area contributed by atoms with E-state index in [-0.39, 0.29) is 40.7 Å². The van der Waals surface area contributed by atoms with Crippen molar-refractivity contribution in [3.63, 3.8) is 0 Å². The molecule has 3 aliphatic rings. The molecular weight excluding hydrogens is 631 g/mol. The largest absolute Gasteiger partial charge is 0.416 e. The smallest absolute Gasteiger partial charge is 0.394 e. The van der Waals surface area contributed by atoms with Gasteiger partial charge in [-0.05, 0) is 72.5 Å². The third-order valence-corrected chi connectivity index (χ3v) is 11.7. The maximum absolute atomic E-state index is 13.2. The molecule has 0 saturated carbocycles. The van der Waals surface area contributed by atoms with E-state index in [9.17, 15) is 31.5 Å². The molecular formula is C35H40F3N3O5S. The molecule has 12 heteroatoms. The predicted molar refractivity (Wildman–Crippen MR) is 172 cm³/mol. The topological polar surface area (TPSA) is 99.2 Å². The zero-order valence-electron chi connectivity index (χ0n) is 26.2. The number of amides is 1. The van der Waals surface area contributed by atoms with Crippen molar-refractivity contribution in [3.05, 3.63) is 95.1 Å². The molecule has 47 heavy (non-hydrogen) atoms. The summed E-state index contributed by atoms with van der Waals surface area (Å²) in [4.78, 5) is 18.1. The van der Waals surface area contributed by atoms with E-state index < -0.39 is 27.6 Å². The number of carbonyl (C=O) groups is 1. The van der Waals surface area contributed by atoms with Crippen LogP contribution in [0, 0.1) is 0 Å². The lowest BCUT2D eigenvalue weighted by Gasteiger charge is -2.39. The number of nitrogens with zero attached hydrogens (tertiary/aromatic N) is 2. The van der Waals surface area contributed by atoms with Crippen LogP contribution in [0.5, 0.6) is 0 Å². The number of benzene rings is 3. The van der Waals surface area contributed by atoms with Crippen LogP contribution in [0.3, 0.4) is 0 Å². The lowest BCUT2D eigenvalue weighted by atomic mass is 9.94. The van der Waals surface area contributed by atoms with Crippen molar-refractivity contribution in [1.29, 1.82) is 0 Å². The molecule has 3 aromatic carbocycles. The summed E-state index contributed by atoms with van der Waals surface area (Å²) in [5.74, 6) is -0.361. The van der Waals surface area contributed by atoms with Crippen molar-refractivity contribution in [2.45, 2.75) is 60.9 Å². The van der Waals surface area contributed by atoms with Crippen LogP contribution in [0.15, 0.2) is 77.7 Å². The zero-order chi connectivity index (χ0) is 33.4. The Kier molecular flexibility index (Phi) is 9.41. The van der Waals surface area contributed by atoms with Gasteiger partial charge in [0.05, 0.1) is 41.1 Å². The first-order valence-corrected chi connectivity index (χ1v) is 17.7. The van der Waals surface area contributed by atoms with Crippen LogP contribution in [-0.4, -0.2) is 81.1 Å². The molecule has 1 amide bonds. The molecule has 0 bridgehead atoms. The molecule has 8 nitrogen and oxygen atoms in total. The fourth-order valence-corrected chi connectivity index (χ4v) is 7.92. The number of anilines is 1. The van der Waals surface area contributed by atoms with Gasteiger partial charge in [-0.1, -0.05) is 31.2 Å². The molecule has 0 aromatic heterocycles. The summed E-state index contributed by atoms with van der Waals surface area (Å²) in [6.45, 7) is 5.26. The van der Waals surface area contributed by atoms with E-state index in [1.807, 2.05) is 12.1 Å². The Morgan fingerprint density at radius 1 is 1.04 bits per heavy atom. The number of aliphatic hydroxyl groups excluding tert-OH is 1. The van der Waals surface area contributed by atoms with Gasteiger partial charge in [0.1, 0.15) is 0 Å². The number of carbonyl (C=O) groups excluding carboxylic acids is 1. The predicted octanol–water partition coefficient (Wildman–Crippen LogP) is 5.19. The van der Waals surface area contributed by atoms with Crippen molar-refractivity contribution in [3.8, 4) is 0 Å². The second-order valence-electron chi connectivity index (χ2n) is 12.9. The van der Waals surface area contributed by atoms with Crippen molar-refractivity contribution in [2.75, 3.05) is 50.0 Å².